The second-order valence-corrected chi connectivity index (χ2v) is 7.09. The Balaban J connectivity index is 1.93. The number of benzene rings is 2. The Morgan fingerprint density at radius 3 is 2.43 bits per heavy atom. The van der Waals surface area contributed by atoms with Crippen molar-refractivity contribution in [2.45, 2.75) is 26.2 Å². The third-order valence-corrected chi connectivity index (χ3v) is 4.88. The minimum absolute atomic E-state index is 0.386. The monoisotopic (exact) mass is 371 g/mol. The summed E-state index contributed by atoms with van der Waals surface area (Å²) in [5.41, 5.74) is 5.28. The van der Waals surface area contributed by atoms with Crippen LogP contribution in [0.4, 0.5) is 0 Å². The Kier molecular flexibility index (Phi) is 4.65. The number of nitrogens with zero attached hydrogens (tertiary/aromatic N) is 3. The van der Waals surface area contributed by atoms with Crippen LogP contribution in [0, 0.1) is 13.8 Å². The molecule has 1 N–H and O–H groups in total. The zero-order valence-electron chi connectivity index (χ0n) is 15.8. The summed E-state index contributed by atoms with van der Waals surface area (Å²) in [5.74, 6) is -1.10. The van der Waals surface area contributed by atoms with Crippen LogP contribution in [0.15, 0.2) is 67.0 Å². The molecule has 0 fully saturated rings. The van der Waals surface area contributed by atoms with Crippen molar-refractivity contribution in [3.63, 3.8) is 0 Å². The fraction of sp³-hybridized carbons (Fsp3) is 0.174. The van der Waals surface area contributed by atoms with Crippen LogP contribution in [0.2, 0.25) is 0 Å². The van der Waals surface area contributed by atoms with E-state index in [0.717, 1.165) is 22.3 Å². The van der Waals surface area contributed by atoms with Crippen LogP contribution < -0.4 is 0 Å². The van der Waals surface area contributed by atoms with Gasteiger partial charge in [-0.1, -0.05) is 60.2 Å². The molecule has 0 bridgehead atoms. The molecule has 0 radical (unpaired) electrons. The van der Waals surface area contributed by atoms with E-state index in [1.807, 2.05) is 79.0 Å². The molecule has 2 aromatic heterocycles. The van der Waals surface area contributed by atoms with Gasteiger partial charge in [-0.3, -0.25) is 9.20 Å². The predicted molar refractivity (Wildman–Crippen MR) is 108 cm³/mol. The van der Waals surface area contributed by atoms with Gasteiger partial charge >= 0.3 is 5.97 Å². The van der Waals surface area contributed by atoms with Crippen molar-refractivity contribution < 1.29 is 9.90 Å². The highest BCUT2D eigenvalue weighted by atomic mass is 16.4. The van der Waals surface area contributed by atoms with Crippen molar-refractivity contribution in [1.82, 2.24) is 14.4 Å². The largest absolute Gasteiger partial charge is 0.481 e. The molecule has 4 rings (SSSR count). The molecule has 2 aromatic carbocycles. The number of imidazole rings is 1. The van der Waals surface area contributed by atoms with Crippen LogP contribution in [0.3, 0.4) is 0 Å². The minimum Gasteiger partial charge on any atom is -0.481 e. The van der Waals surface area contributed by atoms with Gasteiger partial charge in [-0.25, -0.2) is 9.97 Å². The molecule has 1 atom stereocenters. The summed E-state index contributed by atoms with van der Waals surface area (Å²) in [7, 11) is 0. The quantitative estimate of drug-likeness (QED) is 0.564. The molecule has 4 aromatic rings. The van der Waals surface area contributed by atoms with Gasteiger partial charge in [0, 0.05) is 18.0 Å². The molecule has 2 heterocycles. The minimum atomic E-state index is -0.875. The van der Waals surface area contributed by atoms with Crippen LogP contribution in [-0.2, 0) is 11.2 Å². The Morgan fingerprint density at radius 2 is 1.75 bits per heavy atom. The van der Waals surface area contributed by atoms with Crippen molar-refractivity contribution in [3.8, 4) is 11.3 Å². The van der Waals surface area contributed by atoms with E-state index in [0.29, 0.717) is 23.6 Å². The lowest BCUT2D eigenvalue weighted by molar-refractivity contribution is -0.138. The topological polar surface area (TPSA) is 67.5 Å². The van der Waals surface area contributed by atoms with Gasteiger partial charge < -0.3 is 5.11 Å². The average molecular weight is 371 g/mol. The lowest BCUT2D eigenvalue weighted by Crippen LogP contribution is -2.17. The first-order chi connectivity index (χ1) is 13.5. The van der Waals surface area contributed by atoms with Crippen molar-refractivity contribution in [2.75, 3.05) is 0 Å². The molecular weight excluding hydrogens is 350 g/mol. The van der Waals surface area contributed by atoms with Crippen LogP contribution in [0.1, 0.15) is 28.3 Å². The number of hydrogen-bond donors (Lipinski definition) is 1. The second kappa shape index (κ2) is 7.27. The van der Waals surface area contributed by atoms with Crippen LogP contribution in [-0.4, -0.2) is 25.4 Å². The SMILES string of the molecule is Cc1ccc(-c2nc3ncc(C)cn3c2C(Cc2ccccc2)C(=O)O)cc1. The van der Waals surface area contributed by atoms with Gasteiger partial charge in [0.15, 0.2) is 0 Å². The molecular formula is C23H21N3O2. The molecule has 5 heteroatoms. The predicted octanol–water partition coefficient (Wildman–Crippen LogP) is 4.42. The highest BCUT2D eigenvalue weighted by Crippen LogP contribution is 2.32. The highest BCUT2D eigenvalue weighted by molar-refractivity contribution is 5.80. The van der Waals surface area contributed by atoms with Gasteiger partial charge in [0.2, 0.25) is 5.78 Å². The first-order valence-electron chi connectivity index (χ1n) is 9.21. The lowest BCUT2D eigenvalue weighted by Gasteiger charge is -2.15. The zero-order chi connectivity index (χ0) is 19.7. The fourth-order valence-electron chi connectivity index (χ4n) is 3.46. The third kappa shape index (κ3) is 3.39. The third-order valence-electron chi connectivity index (χ3n) is 4.88. The maximum atomic E-state index is 12.3. The van der Waals surface area contributed by atoms with E-state index in [9.17, 15) is 9.90 Å². The maximum absolute atomic E-state index is 12.3. The second-order valence-electron chi connectivity index (χ2n) is 7.09. The first-order valence-corrected chi connectivity index (χ1v) is 9.21. The zero-order valence-corrected chi connectivity index (χ0v) is 15.8. The van der Waals surface area contributed by atoms with Crippen molar-refractivity contribution in [3.05, 3.63) is 89.4 Å². The molecule has 0 saturated carbocycles. The van der Waals surface area contributed by atoms with Gasteiger partial charge in [-0.15, -0.1) is 0 Å². The number of carboxylic acids is 1. The van der Waals surface area contributed by atoms with E-state index >= 15 is 0 Å². The van der Waals surface area contributed by atoms with E-state index in [1.54, 1.807) is 6.20 Å². The summed E-state index contributed by atoms with van der Waals surface area (Å²) in [4.78, 5) is 21.4. The summed E-state index contributed by atoms with van der Waals surface area (Å²) in [5, 5.41) is 10.1. The summed E-state index contributed by atoms with van der Waals surface area (Å²) >= 11 is 0. The van der Waals surface area contributed by atoms with Crippen LogP contribution in [0.25, 0.3) is 17.0 Å². The first kappa shape index (κ1) is 17.9. The van der Waals surface area contributed by atoms with Crippen LogP contribution >= 0.6 is 0 Å². The fourth-order valence-corrected chi connectivity index (χ4v) is 3.46. The molecule has 140 valence electrons. The smallest absolute Gasteiger partial charge is 0.312 e. The van der Waals surface area contributed by atoms with Crippen molar-refractivity contribution in [1.29, 1.82) is 0 Å². The van der Waals surface area contributed by atoms with E-state index < -0.39 is 11.9 Å². The van der Waals surface area contributed by atoms with Crippen molar-refractivity contribution in [2.24, 2.45) is 0 Å². The Labute approximate surface area is 163 Å². The van der Waals surface area contributed by atoms with Gasteiger partial charge in [0.1, 0.15) is 5.92 Å². The average Bonchev–Trinajstić information content (AvgIpc) is 3.05. The Morgan fingerprint density at radius 1 is 1.04 bits per heavy atom. The van der Waals surface area contributed by atoms with E-state index in [1.165, 1.54) is 0 Å². The van der Waals surface area contributed by atoms with Crippen LogP contribution in [0.5, 0.6) is 0 Å². The molecule has 0 spiro atoms. The summed E-state index contributed by atoms with van der Waals surface area (Å²) < 4.78 is 1.83. The van der Waals surface area contributed by atoms with E-state index in [-0.39, 0.29) is 0 Å². The molecule has 0 saturated heterocycles. The lowest BCUT2D eigenvalue weighted by atomic mass is 9.93. The van der Waals surface area contributed by atoms with Gasteiger partial charge in [-0.05, 0) is 31.4 Å². The number of fused-ring (bicyclic) bond motifs is 1. The number of aryl methyl sites for hydroxylation is 2. The Bertz CT molecular complexity index is 1130. The van der Waals surface area contributed by atoms with E-state index in [2.05, 4.69) is 9.97 Å². The standard InChI is InChI=1S/C23H21N3O2/c1-15-8-10-18(11-9-15)20-21(26-14-16(2)13-24-23(26)25-20)19(22(27)28)12-17-6-4-3-5-7-17/h3-11,13-14,19H,12H2,1-2H3,(H,27,28). The summed E-state index contributed by atoms with van der Waals surface area (Å²) in [6, 6.07) is 17.7. The van der Waals surface area contributed by atoms with Gasteiger partial charge in [0.25, 0.3) is 0 Å². The number of rotatable bonds is 5. The number of carbonyl (C=O) groups is 1. The van der Waals surface area contributed by atoms with Gasteiger partial charge in [-0.2, -0.15) is 0 Å². The molecule has 0 aliphatic carbocycles. The number of hydrogen-bond acceptors (Lipinski definition) is 3. The summed E-state index contributed by atoms with van der Waals surface area (Å²) in [6.07, 6.45) is 4.04. The molecule has 0 aliphatic rings. The van der Waals surface area contributed by atoms with Gasteiger partial charge in [0.05, 0.1) is 11.4 Å². The summed E-state index contributed by atoms with van der Waals surface area (Å²) in [6.45, 7) is 3.96. The number of carboxylic acid groups (broad SMARTS) is 1. The number of aromatic nitrogens is 3. The molecule has 0 aliphatic heterocycles. The van der Waals surface area contributed by atoms with Crippen molar-refractivity contribution >= 4 is 11.7 Å². The molecule has 5 nitrogen and oxygen atoms in total. The van der Waals surface area contributed by atoms with E-state index in [4.69, 9.17) is 0 Å². The maximum Gasteiger partial charge on any atom is 0.312 e. The number of aliphatic carboxylic acids is 1. The normalized spacial score (nSPS) is 12.2. The highest BCUT2D eigenvalue weighted by Gasteiger charge is 2.29. The molecule has 28 heavy (non-hydrogen) atoms. The molecule has 1 unspecified atom stereocenters. The Hall–Kier alpha value is -3.47. The molecule has 0 amide bonds.